The lowest BCUT2D eigenvalue weighted by molar-refractivity contribution is -0.141. The molecule has 3 aromatic heterocycles. The molecule has 4 heterocycles. The molecule has 1 aromatic carbocycles. The number of fused-ring (bicyclic) bond motifs is 4. The molecule has 184 valence electrons. The topological polar surface area (TPSA) is 94.2 Å². The van der Waals surface area contributed by atoms with Crippen LogP contribution in [0.1, 0.15) is 47.4 Å². The van der Waals surface area contributed by atoms with E-state index in [9.17, 15) is 18.0 Å². The predicted octanol–water partition coefficient (Wildman–Crippen LogP) is 5.15. The number of hydrogen-bond acceptors (Lipinski definition) is 6. The van der Waals surface area contributed by atoms with Crippen LogP contribution in [0.5, 0.6) is 5.88 Å². The van der Waals surface area contributed by atoms with Crippen LogP contribution in [0.15, 0.2) is 48.8 Å². The summed E-state index contributed by atoms with van der Waals surface area (Å²) in [6, 6.07) is 8.65. The molecule has 2 unspecified atom stereocenters. The Morgan fingerprint density at radius 1 is 1.11 bits per heavy atom. The third-order valence-electron chi connectivity index (χ3n) is 7.10. The Labute approximate surface area is 204 Å². The molecular weight excluding hydrogens is 471 g/mol. The van der Waals surface area contributed by atoms with Crippen molar-refractivity contribution >= 4 is 33.4 Å². The van der Waals surface area contributed by atoms with Crippen LogP contribution in [0.4, 0.5) is 19.0 Å². The number of carbonyl (C=O) groups excluding carboxylic acids is 1. The molecule has 0 bridgehead atoms. The summed E-state index contributed by atoms with van der Waals surface area (Å²) in [6.45, 7) is 2.03. The summed E-state index contributed by atoms with van der Waals surface area (Å²) in [7, 11) is 0. The lowest BCUT2D eigenvalue weighted by Gasteiger charge is -2.34. The maximum Gasteiger partial charge on any atom is 0.433 e. The summed E-state index contributed by atoms with van der Waals surface area (Å²) in [5.41, 5.74) is 6.66. The minimum atomic E-state index is -4.58. The Kier molecular flexibility index (Phi) is 5.03. The maximum atomic E-state index is 14.0. The first-order valence-corrected chi connectivity index (χ1v) is 11.7. The first kappa shape index (κ1) is 22.5. The number of nitrogen functional groups attached to an aromatic ring is 1. The number of anilines is 1. The van der Waals surface area contributed by atoms with Crippen LogP contribution in [0, 0.1) is 5.92 Å². The van der Waals surface area contributed by atoms with Crippen molar-refractivity contribution < 1.29 is 22.7 Å². The highest BCUT2D eigenvalue weighted by atomic mass is 19.4. The SMILES string of the molecule is CC(C1CC1)N(C(=O)c1ccc2nc(N)c3ccncc3c2c1)C1COc2nc(C(F)(F)F)ccc21. The van der Waals surface area contributed by atoms with Crippen molar-refractivity contribution in [2.24, 2.45) is 5.92 Å². The van der Waals surface area contributed by atoms with Crippen molar-refractivity contribution in [2.45, 2.75) is 38.0 Å². The van der Waals surface area contributed by atoms with Gasteiger partial charge in [-0.2, -0.15) is 13.2 Å². The standard InChI is InChI=1S/C26H22F3N5O2/c1-13(14-2-3-14)34(21-12-36-24-17(21)5-7-22(33-24)26(27,28)29)25(35)15-4-6-20-18(10-15)19-11-31-9-8-16(19)23(30)32-20/h4-11,13-14,21H,2-3,12H2,1H3,(H2,30,32). The number of amides is 1. The van der Waals surface area contributed by atoms with Crippen LogP contribution >= 0.6 is 0 Å². The fraction of sp³-hybridized carbons (Fsp3) is 0.308. The normalized spacial score (nSPS) is 18.2. The molecule has 0 radical (unpaired) electrons. The van der Waals surface area contributed by atoms with E-state index in [1.54, 1.807) is 41.6 Å². The number of hydrogen-bond donors (Lipinski definition) is 1. The number of ether oxygens (including phenoxy) is 1. The number of pyridine rings is 3. The third kappa shape index (κ3) is 3.68. The summed E-state index contributed by atoms with van der Waals surface area (Å²) < 4.78 is 45.1. The molecule has 1 amide bonds. The predicted molar refractivity (Wildman–Crippen MR) is 127 cm³/mol. The summed E-state index contributed by atoms with van der Waals surface area (Å²) in [6.07, 6.45) is 0.741. The van der Waals surface area contributed by atoms with Gasteiger partial charge in [-0.1, -0.05) is 0 Å². The number of nitrogens with zero attached hydrogens (tertiary/aromatic N) is 4. The second-order valence-corrected chi connectivity index (χ2v) is 9.36. The van der Waals surface area contributed by atoms with Gasteiger partial charge in [-0.25, -0.2) is 9.97 Å². The molecule has 4 aromatic rings. The van der Waals surface area contributed by atoms with E-state index in [-0.39, 0.29) is 24.4 Å². The largest absolute Gasteiger partial charge is 0.475 e. The van der Waals surface area contributed by atoms with Gasteiger partial charge in [0.2, 0.25) is 5.88 Å². The third-order valence-corrected chi connectivity index (χ3v) is 7.10. The summed E-state index contributed by atoms with van der Waals surface area (Å²) in [4.78, 5) is 28.1. The zero-order chi connectivity index (χ0) is 25.2. The quantitative estimate of drug-likeness (QED) is 0.395. The molecule has 10 heteroatoms. The van der Waals surface area contributed by atoms with Crippen molar-refractivity contribution in [3.63, 3.8) is 0 Å². The Balaban J connectivity index is 1.43. The fourth-order valence-corrected chi connectivity index (χ4v) is 5.03. The highest BCUT2D eigenvalue weighted by Crippen LogP contribution is 2.43. The number of carbonyl (C=O) groups is 1. The molecule has 6 rings (SSSR count). The van der Waals surface area contributed by atoms with Gasteiger partial charge >= 0.3 is 6.18 Å². The van der Waals surface area contributed by atoms with Crippen molar-refractivity contribution in [1.82, 2.24) is 19.9 Å². The molecule has 1 saturated carbocycles. The Bertz CT molecular complexity index is 1520. The summed E-state index contributed by atoms with van der Waals surface area (Å²) in [5.74, 6) is 0.401. The molecule has 36 heavy (non-hydrogen) atoms. The Morgan fingerprint density at radius 2 is 1.92 bits per heavy atom. The molecule has 2 atom stereocenters. The van der Waals surface area contributed by atoms with Crippen LogP contribution in [-0.4, -0.2) is 38.4 Å². The smallest absolute Gasteiger partial charge is 0.433 e. The van der Waals surface area contributed by atoms with Crippen molar-refractivity contribution in [1.29, 1.82) is 0 Å². The minimum Gasteiger partial charge on any atom is -0.475 e. The van der Waals surface area contributed by atoms with Crippen LogP contribution < -0.4 is 10.5 Å². The Hall–Kier alpha value is -3.95. The van der Waals surface area contributed by atoms with E-state index in [4.69, 9.17) is 10.5 Å². The van der Waals surface area contributed by atoms with Crippen LogP contribution in [0.25, 0.3) is 21.7 Å². The molecular formula is C26H22F3N5O2. The lowest BCUT2D eigenvalue weighted by Crippen LogP contribution is -2.43. The van der Waals surface area contributed by atoms with Gasteiger partial charge in [0, 0.05) is 45.7 Å². The van der Waals surface area contributed by atoms with Gasteiger partial charge in [0.25, 0.3) is 5.91 Å². The average molecular weight is 493 g/mol. The maximum absolute atomic E-state index is 14.0. The lowest BCUT2D eigenvalue weighted by atomic mass is 10.0. The second kappa shape index (κ2) is 8.04. The van der Waals surface area contributed by atoms with Gasteiger partial charge < -0.3 is 15.4 Å². The van der Waals surface area contributed by atoms with E-state index in [1.165, 1.54) is 6.07 Å². The minimum absolute atomic E-state index is 0.0466. The van der Waals surface area contributed by atoms with E-state index in [0.717, 1.165) is 35.1 Å². The molecule has 2 aliphatic rings. The zero-order valence-electron chi connectivity index (χ0n) is 19.3. The van der Waals surface area contributed by atoms with E-state index < -0.39 is 17.9 Å². The van der Waals surface area contributed by atoms with Gasteiger partial charge in [-0.15, -0.1) is 0 Å². The van der Waals surface area contributed by atoms with E-state index in [1.807, 2.05) is 6.92 Å². The highest BCUT2D eigenvalue weighted by molar-refractivity contribution is 6.11. The Morgan fingerprint density at radius 3 is 2.67 bits per heavy atom. The van der Waals surface area contributed by atoms with E-state index in [0.29, 0.717) is 28.4 Å². The fourth-order valence-electron chi connectivity index (χ4n) is 5.03. The van der Waals surface area contributed by atoms with E-state index in [2.05, 4.69) is 15.0 Å². The number of halogens is 3. The van der Waals surface area contributed by atoms with Gasteiger partial charge in [0.05, 0.1) is 11.6 Å². The molecule has 1 fully saturated rings. The van der Waals surface area contributed by atoms with E-state index >= 15 is 0 Å². The molecule has 0 spiro atoms. The average Bonchev–Trinajstić information content (AvgIpc) is 3.64. The highest BCUT2D eigenvalue weighted by Gasteiger charge is 2.43. The zero-order valence-corrected chi connectivity index (χ0v) is 19.3. The first-order chi connectivity index (χ1) is 17.2. The molecule has 1 aliphatic heterocycles. The second-order valence-electron chi connectivity index (χ2n) is 9.36. The van der Waals surface area contributed by atoms with Gasteiger partial charge in [-0.05, 0) is 62.1 Å². The van der Waals surface area contributed by atoms with Gasteiger partial charge in [0.15, 0.2) is 0 Å². The van der Waals surface area contributed by atoms with Crippen molar-refractivity contribution in [3.05, 3.63) is 65.6 Å². The molecule has 7 nitrogen and oxygen atoms in total. The van der Waals surface area contributed by atoms with Crippen molar-refractivity contribution in [2.75, 3.05) is 12.3 Å². The number of alkyl halides is 3. The van der Waals surface area contributed by atoms with Gasteiger partial charge in [0.1, 0.15) is 18.1 Å². The molecule has 1 aliphatic carbocycles. The number of rotatable bonds is 4. The number of aromatic nitrogens is 3. The summed E-state index contributed by atoms with van der Waals surface area (Å²) >= 11 is 0. The number of benzene rings is 1. The number of nitrogens with two attached hydrogens (primary N) is 1. The molecule has 2 N–H and O–H groups in total. The van der Waals surface area contributed by atoms with Crippen molar-refractivity contribution in [3.8, 4) is 5.88 Å². The van der Waals surface area contributed by atoms with Gasteiger partial charge in [-0.3, -0.25) is 9.78 Å². The van der Waals surface area contributed by atoms with Crippen LogP contribution in [-0.2, 0) is 6.18 Å². The van der Waals surface area contributed by atoms with Crippen LogP contribution in [0.3, 0.4) is 0 Å². The molecule has 0 saturated heterocycles. The first-order valence-electron chi connectivity index (χ1n) is 11.7. The summed E-state index contributed by atoms with van der Waals surface area (Å²) in [5, 5.41) is 2.28. The van der Waals surface area contributed by atoms with Crippen LogP contribution in [0.2, 0.25) is 0 Å². The monoisotopic (exact) mass is 493 g/mol.